The molecule has 5 heteroatoms. The van der Waals surface area contributed by atoms with Crippen LogP contribution in [0.4, 0.5) is 5.69 Å². The van der Waals surface area contributed by atoms with E-state index >= 15 is 0 Å². The van der Waals surface area contributed by atoms with Gasteiger partial charge in [-0.3, -0.25) is 4.40 Å². The maximum atomic E-state index is 5.77. The monoisotopic (exact) mass is 335 g/mol. The van der Waals surface area contributed by atoms with Crippen LogP contribution in [0.15, 0.2) is 54.7 Å². The van der Waals surface area contributed by atoms with Crippen LogP contribution in [0.25, 0.3) is 27.5 Å². The van der Waals surface area contributed by atoms with E-state index in [0.717, 1.165) is 33.2 Å². The molecule has 0 unspecified atom stereocenters. The maximum absolute atomic E-state index is 5.77. The van der Waals surface area contributed by atoms with Crippen LogP contribution in [0.2, 0.25) is 0 Å². The molecule has 4 nitrogen and oxygen atoms in total. The van der Waals surface area contributed by atoms with Crippen LogP contribution >= 0.6 is 11.3 Å². The molecule has 2 heterocycles. The minimum Gasteiger partial charge on any atom is -0.497 e. The van der Waals surface area contributed by atoms with E-state index in [0.29, 0.717) is 0 Å². The molecule has 120 valence electrons. The summed E-state index contributed by atoms with van der Waals surface area (Å²) < 4.78 is 7.41. The van der Waals surface area contributed by atoms with Crippen molar-refractivity contribution >= 4 is 22.0 Å². The molecule has 0 saturated heterocycles. The SMILES string of the molecule is COc1ccc(-c2c(C)sc3nc(-c4ccc(N)cc4)cn23)cc1. The second-order valence-corrected chi connectivity index (χ2v) is 6.82. The highest BCUT2D eigenvalue weighted by molar-refractivity contribution is 7.17. The summed E-state index contributed by atoms with van der Waals surface area (Å²) in [4.78, 5) is 7.00. The van der Waals surface area contributed by atoms with Crippen molar-refractivity contribution in [2.24, 2.45) is 0 Å². The molecule has 24 heavy (non-hydrogen) atoms. The van der Waals surface area contributed by atoms with Crippen molar-refractivity contribution in [2.45, 2.75) is 6.92 Å². The van der Waals surface area contributed by atoms with Gasteiger partial charge in [-0.15, -0.1) is 11.3 Å². The molecule has 0 amide bonds. The predicted molar refractivity (Wildman–Crippen MR) is 99.6 cm³/mol. The normalized spacial score (nSPS) is 11.1. The van der Waals surface area contributed by atoms with Crippen molar-refractivity contribution in [1.29, 1.82) is 0 Å². The number of rotatable bonds is 3. The molecule has 4 aromatic rings. The number of methoxy groups -OCH3 is 1. The highest BCUT2D eigenvalue weighted by atomic mass is 32.1. The van der Waals surface area contributed by atoms with Crippen molar-refractivity contribution in [3.63, 3.8) is 0 Å². The lowest BCUT2D eigenvalue weighted by molar-refractivity contribution is 0.415. The van der Waals surface area contributed by atoms with Gasteiger partial charge in [0.15, 0.2) is 4.96 Å². The number of thiazole rings is 1. The molecule has 0 saturated carbocycles. The number of aromatic nitrogens is 2. The number of nitrogen functional groups attached to an aromatic ring is 1. The summed E-state index contributed by atoms with van der Waals surface area (Å²) in [7, 11) is 1.68. The zero-order chi connectivity index (χ0) is 16.7. The van der Waals surface area contributed by atoms with E-state index in [1.807, 2.05) is 36.4 Å². The molecular formula is C19H17N3OS. The van der Waals surface area contributed by atoms with Gasteiger partial charge in [0.25, 0.3) is 0 Å². The number of anilines is 1. The maximum Gasteiger partial charge on any atom is 0.194 e. The van der Waals surface area contributed by atoms with Crippen molar-refractivity contribution in [3.05, 3.63) is 59.6 Å². The van der Waals surface area contributed by atoms with Gasteiger partial charge in [0.1, 0.15) is 5.75 Å². The fraction of sp³-hybridized carbons (Fsp3) is 0.105. The van der Waals surface area contributed by atoms with Crippen molar-refractivity contribution in [2.75, 3.05) is 12.8 Å². The van der Waals surface area contributed by atoms with E-state index in [1.54, 1.807) is 18.4 Å². The highest BCUT2D eigenvalue weighted by Crippen LogP contribution is 2.34. The molecule has 4 rings (SSSR count). The van der Waals surface area contributed by atoms with Gasteiger partial charge in [-0.2, -0.15) is 0 Å². The number of ether oxygens (including phenoxy) is 1. The van der Waals surface area contributed by atoms with E-state index < -0.39 is 0 Å². The summed E-state index contributed by atoms with van der Waals surface area (Å²) in [5.41, 5.74) is 10.9. The molecule has 0 fully saturated rings. The molecule has 0 radical (unpaired) electrons. The van der Waals surface area contributed by atoms with Crippen molar-refractivity contribution < 1.29 is 4.74 Å². The van der Waals surface area contributed by atoms with Gasteiger partial charge in [-0.05, 0) is 48.9 Å². The Balaban J connectivity index is 1.83. The molecule has 2 N–H and O–H groups in total. The van der Waals surface area contributed by atoms with Crippen LogP contribution in [-0.4, -0.2) is 16.5 Å². The summed E-state index contributed by atoms with van der Waals surface area (Å²) in [6, 6.07) is 15.9. The lowest BCUT2D eigenvalue weighted by Gasteiger charge is -2.04. The molecule has 0 aliphatic heterocycles. The Hall–Kier alpha value is -2.79. The molecule has 0 aliphatic rings. The average molecular weight is 335 g/mol. The number of nitrogens with zero attached hydrogens (tertiary/aromatic N) is 2. The van der Waals surface area contributed by atoms with Gasteiger partial charge in [0.2, 0.25) is 0 Å². The number of nitrogens with two attached hydrogens (primary N) is 1. The third-order valence-electron chi connectivity index (χ3n) is 4.06. The predicted octanol–water partition coefficient (Wildman–Crippen LogP) is 4.63. The first-order valence-electron chi connectivity index (χ1n) is 7.64. The fourth-order valence-corrected chi connectivity index (χ4v) is 3.81. The van der Waals surface area contributed by atoms with Crippen LogP contribution in [0.5, 0.6) is 5.75 Å². The number of fused-ring (bicyclic) bond motifs is 1. The number of hydrogen-bond acceptors (Lipinski definition) is 4. The van der Waals surface area contributed by atoms with Gasteiger partial charge in [-0.1, -0.05) is 12.1 Å². The van der Waals surface area contributed by atoms with Gasteiger partial charge < -0.3 is 10.5 Å². The lowest BCUT2D eigenvalue weighted by atomic mass is 10.1. The van der Waals surface area contributed by atoms with Crippen LogP contribution in [0.3, 0.4) is 0 Å². The van der Waals surface area contributed by atoms with Crippen LogP contribution in [0.1, 0.15) is 4.88 Å². The Morgan fingerprint density at radius 2 is 1.67 bits per heavy atom. The van der Waals surface area contributed by atoms with Crippen molar-refractivity contribution in [1.82, 2.24) is 9.38 Å². The Kier molecular flexibility index (Phi) is 3.50. The van der Waals surface area contributed by atoms with Gasteiger partial charge in [-0.25, -0.2) is 4.98 Å². The first-order chi connectivity index (χ1) is 11.7. The van der Waals surface area contributed by atoms with E-state index in [9.17, 15) is 0 Å². The molecule has 2 aromatic heterocycles. The Labute approximate surface area is 144 Å². The van der Waals surface area contributed by atoms with E-state index in [1.165, 1.54) is 10.6 Å². The third kappa shape index (κ3) is 2.43. The third-order valence-corrected chi connectivity index (χ3v) is 5.03. The smallest absolute Gasteiger partial charge is 0.194 e. The summed E-state index contributed by atoms with van der Waals surface area (Å²) in [6.45, 7) is 2.13. The Morgan fingerprint density at radius 3 is 2.33 bits per heavy atom. The molecule has 2 aromatic carbocycles. The minimum absolute atomic E-state index is 0.759. The number of imidazole rings is 1. The number of aryl methyl sites for hydroxylation is 1. The van der Waals surface area contributed by atoms with E-state index in [4.69, 9.17) is 15.5 Å². The second kappa shape index (κ2) is 5.69. The summed E-state index contributed by atoms with van der Waals surface area (Å²) >= 11 is 1.70. The second-order valence-electron chi connectivity index (χ2n) is 5.64. The van der Waals surface area contributed by atoms with E-state index in [-0.39, 0.29) is 0 Å². The molecule has 0 aliphatic carbocycles. The molecule has 0 bridgehead atoms. The Morgan fingerprint density at radius 1 is 1.00 bits per heavy atom. The number of hydrogen-bond donors (Lipinski definition) is 1. The van der Waals surface area contributed by atoms with Gasteiger partial charge in [0, 0.05) is 22.3 Å². The molecule has 0 atom stereocenters. The van der Waals surface area contributed by atoms with Gasteiger partial charge >= 0.3 is 0 Å². The summed E-state index contributed by atoms with van der Waals surface area (Å²) in [5.74, 6) is 0.857. The van der Waals surface area contributed by atoms with Crippen LogP contribution in [0, 0.1) is 6.92 Å². The van der Waals surface area contributed by atoms with Crippen molar-refractivity contribution in [3.8, 4) is 28.3 Å². The molecule has 0 spiro atoms. The quantitative estimate of drug-likeness (QED) is 0.555. The Bertz CT molecular complexity index is 998. The van der Waals surface area contributed by atoms with Gasteiger partial charge in [0.05, 0.1) is 18.5 Å². The minimum atomic E-state index is 0.759. The fourth-order valence-electron chi connectivity index (χ4n) is 2.83. The first-order valence-corrected chi connectivity index (χ1v) is 8.46. The standard InChI is InChI=1S/C19H17N3OS/c1-12-18(14-5-9-16(23-2)10-6-14)22-11-17(21-19(22)24-12)13-3-7-15(20)8-4-13/h3-11H,20H2,1-2H3. The highest BCUT2D eigenvalue weighted by Gasteiger charge is 2.14. The number of benzene rings is 2. The first kappa shape index (κ1) is 14.8. The topological polar surface area (TPSA) is 52.5 Å². The summed E-state index contributed by atoms with van der Waals surface area (Å²) in [5, 5.41) is 0. The summed E-state index contributed by atoms with van der Waals surface area (Å²) in [6.07, 6.45) is 2.09. The lowest BCUT2D eigenvalue weighted by Crippen LogP contribution is -1.88. The largest absolute Gasteiger partial charge is 0.497 e. The van der Waals surface area contributed by atoms with Crippen LogP contribution < -0.4 is 10.5 Å². The zero-order valence-corrected chi connectivity index (χ0v) is 14.3. The molecular weight excluding hydrogens is 318 g/mol. The zero-order valence-electron chi connectivity index (χ0n) is 13.5. The van der Waals surface area contributed by atoms with E-state index in [2.05, 4.69) is 29.7 Å². The van der Waals surface area contributed by atoms with Crippen LogP contribution in [-0.2, 0) is 0 Å². The average Bonchev–Trinajstić information content (AvgIpc) is 3.12.